The smallest absolute Gasteiger partial charge is 0.270 e. The Morgan fingerprint density at radius 1 is 1.14 bits per heavy atom. The lowest BCUT2D eigenvalue weighted by molar-refractivity contribution is -0.384. The monoisotopic (exact) mass is 442 g/mol. The lowest BCUT2D eigenvalue weighted by Gasteiger charge is -2.14. The average molecular weight is 443 g/mol. The van der Waals surface area contributed by atoms with Crippen LogP contribution in [0, 0.1) is 10.1 Å². The zero-order chi connectivity index (χ0) is 20.5. The number of carbonyl (C=O) groups excluding carboxylic acids is 1. The maximum atomic E-state index is 12.8. The van der Waals surface area contributed by atoms with Gasteiger partial charge in [-0.3, -0.25) is 19.8 Å². The first-order chi connectivity index (χ1) is 13.9. The Kier molecular flexibility index (Phi) is 5.23. The van der Waals surface area contributed by atoms with Gasteiger partial charge in [-0.15, -0.1) is 0 Å². The zero-order valence-corrected chi connectivity index (χ0v) is 17.0. The molecule has 1 saturated heterocycles. The van der Waals surface area contributed by atoms with Crippen molar-refractivity contribution in [2.75, 3.05) is 4.90 Å². The molecule has 1 amide bonds. The molecule has 0 atom stereocenters. The quantitative estimate of drug-likeness (QED) is 0.216. The Labute approximate surface area is 179 Å². The van der Waals surface area contributed by atoms with Crippen LogP contribution < -0.4 is 4.90 Å². The van der Waals surface area contributed by atoms with E-state index in [9.17, 15) is 14.9 Å². The van der Waals surface area contributed by atoms with E-state index in [1.165, 1.54) is 28.8 Å². The van der Waals surface area contributed by atoms with E-state index < -0.39 is 4.92 Å². The SMILES string of the molecule is O=C1C(=Cc2ccc(-c3ccc([N+](=O)[O-])cc3)o2)SC(=S)N1c1cccc(Cl)c1. The molecule has 1 aromatic heterocycles. The molecule has 2 aromatic carbocycles. The van der Waals surface area contributed by atoms with Crippen molar-refractivity contribution in [3.05, 3.63) is 86.5 Å². The van der Waals surface area contributed by atoms with E-state index in [1.54, 1.807) is 54.6 Å². The van der Waals surface area contributed by atoms with Gasteiger partial charge in [0.15, 0.2) is 4.32 Å². The Bertz CT molecular complexity index is 1170. The topological polar surface area (TPSA) is 76.6 Å². The lowest BCUT2D eigenvalue weighted by Crippen LogP contribution is -2.27. The number of thioether (sulfide) groups is 1. The number of nitrogens with zero attached hydrogens (tertiary/aromatic N) is 2. The highest BCUT2D eigenvalue weighted by atomic mass is 35.5. The number of carbonyl (C=O) groups is 1. The number of rotatable bonds is 4. The van der Waals surface area contributed by atoms with Crippen molar-refractivity contribution < 1.29 is 14.1 Å². The molecule has 9 heteroatoms. The number of hydrogen-bond acceptors (Lipinski definition) is 6. The summed E-state index contributed by atoms with van der Waals surface area (Å²) in [7, 11) is 0. The van der Waals surface area contributed by atoms with Crippen molar-refractivity contribution in [2.45, 2.75) is 0 Å². The molecule has 4 rings (SSSR count). The second-order valence-corrected chi connectivity index (χ2v) is 8.12. The van der Waals surface area contributed by atoms with Crippen molar-refractivity contribution >= 4 is 63.3 Å². The van der Waals surface area contributed by atoms with Crippen LogP contribution in [-0.4, -0.2) is 15.2 Å². The Morgan fingerprint density at radius 2 is 1.90 bits per heavy atom. The van der Waals surface area contributed by atoms with E-state index in [0.29, 0.717) is 37.0 Å². The molecule has 0 N–H and O–H groups in total. The van der Waals surface area contributed by atoms with Crippen LogP contribution in [0.25, 0.3) is 17.4 Å². The number of nitro benzene ring substituents is 1. The minimum atomic E-state index is -0.459. The first-order valence-electron chi connectivity index (χ1n) is 8.30. The molecule has 1 aliphatic rings. The number of hydrogen-bond donors (Lipinski definition) is 0. The largest absolute Gasteiger partial charge is 0.457 e. The molecule has 1 fully saturated rings. The Balaban J connectivity index is 1.58. The highest BCUT2D eigenvalue weighted by Gasteiger charge is 2.33. The minimum absolute atomic E-state index is 0.00483. The number of non-ortho nitro benzene ring substituents is 1. The number of nitro groups is 1. The maximum Gasteiger partial charge on any atom is 0.270 e. The second-order valence-electron chi connectivity index (χ2n) is 6.00. The first-order valence-corrected chi connectivity index (χ1v) is 9.91. The van der Waals surface area contributed by atoms with E-state index in [4.69, 9.17) is 28.2 Å². The normalized spacial score (nSPS) is 15.3. The van der Waals surface area contributed by atoms with Crippen molar-refractivity contribution in [2.24, 2.45) is 0 Å². The zero-order valence-electron chi connectivity index (χ0n) is 14.6. The summed E-state index contributed by atoms with van der Waals surface area (Å²) in [5, 5.41) is 11.3. The van der Waals surface area contributed by atoms with Gasteiger partial charge in [0.1, 0.15) is 11.5 Å². The molecule has 0 saturated carbocycles. The molecular formula is C20H11ClN2O4S2. The number of amides is 1. The van der Waals surface area contributed by atoms with Crippen LogP contribution in [0.5, 0.6) is 0 Å². The van der Waals surface area contributed by atoms with Gasteiger partial charge < -0.3 is 4.42 Å². The molecule has 0 radical (unpaired) electrons. The van der Waals surface area contributed by atoms with Crippen molar-refractivity contribution in [1.29, 1.82) is 0 Å². The number of halogens is 1. The lowest BCUT2D eigenvalue weighted by atomic mass is 10.1. The Morgan fingerprint density at radius 3 is 2.59 bits per heavy atom. The third-order valence-corrected chi connectivity index (χ3v) is 5.66. The fourth-order valence-corrected chi connectivity index (χ4v) is 4.23. The van der Waals surface area contributed by atoms with Gasteiger partial charge in [-0.1, -0.05) is 41.6 Å². The average Bonchev–Trinajstić information content (AvgIpc) is 3.26. The molecule has 0 bridgehead atoms. The van der Waals surface area contributed by atoms with E-state index in [0.717, 1.165) is 0 Å². The number of furan rings is 1. The highest BCUT2D eigenvalue weighted by molar-refractivity contribution is 8.27. The summed E-state index contributed by atoms with van der Waals surface area (Å²) in [5.74, 6) is 0.761. The van der Waals surface area contributed by atoms with E-state index in [1.807, 2.05) is 0 Å². The van der Waals surface area contributed by atoms with Gasteiger partial charge in [-0.05, 0) is 42.5 Å². The fourth-order valence-electron chi connectivity index (χ4n) is 2.77. The summed E-state index contributed by atoms with van der Waals surface area (Å²) >= 11 is 12.5. The number of benzene rings is 2. The molecular weight excluding hydrogens is 432 g/mol. The molecule has 2 heterocycles. The predicted octanol–water partition coefficient (Wildman–Crippen LogP) is 5.91. The van der Waals surface area contributed by atoms with Crippen molar-refractivity contribution in [1.82, 2.24) is 0 Å². The minimum Gasteiger partial charge on any atom is -0.457 e. The maximum absolute atomic E-state index is 12.8. The Hall–Kier alpha value is -2.94. The second kappa shape index (κ2) is 7.82. The molecule has 3 aromatic rings. The van der Waals surface area contributed by atoms with Crippen LogP contribution >= 0.6 is 35.6 Å². The summed E-state index contributed by atoms with van der Waals surface area (Å²) in [6.45, 7) is 0. The van der Waals surface area contributed by atoms with Crippen molar-refractivity contribution in [3.8, 4) is 11.3 Å². The molecule has 0 unspecified atom stereocenters. The first kappa shape index (κ1) is 19.4. The van der Waals surface area contributed by atoms with Crippen LogP contribution in [-0.2, 0) is 4.79 Å². The summed E-state index contributed by atoms with van der Waals surface area (Å²) in [4.78, 5) is 25.0. The van der Waals surface area contributed by atoms with Gasteiger partial charge in [0.2, 0.25) is 0 Å². The third kappa shape index (κ3) is 3.95. The molecule has 0 aliphatic carbocycles. The predicted molar refractivity (Wildman–Crippen MR) is 118 cm³/mol. The summed E-state index contributed by atoms with van der Waals surface area (Å²) in [5.41, 5.74) is 1.31. The van der Waals surface area contributed by atoms with Crippen LogP contribution in [0.1, 0.15) is 5.76 Å². The van der Waals surface area contributed by atoms with Gasteiger partial charge in [0.05, 0.1) is 15.5 Å². The van der Waals surface area contributed by atoms with Gasteiger partial charge >= 0.3 is 0 Å². The molecule has 29 heavy (non-hydrogen) atoms. The fraction of sp³-hybridized carbons (Fsp3) is 0. The summed E-state index contributed by atoms with van der Waals surface area (Å²) < 4.78 is 6.19. The molecule has 1 aliphatic heterocycles. The van der Waals surface area contributed by atoms with E-state index in [-0.39, 0.29) is 11.6 Å². The number of anilines is 1. The van der Waals surface area contributed by atoms with Gasteiger partial charge in [-0.2, -0.15) is 0 Å². The van der Waals surface area contributed by atoms with Crippen LogP contribution in [0.2, 0.25) is 5.02 Å². The third-order valence-electron chi connectivity index (χ3n) is 4.12. The van der Waals surface area contributed by atoms with E-state index >= 15 is 0 Å². The molecule has 6 nitrogen and oxygen atoms in total. The highest BCUT2D eigenvalue weighted by Crippen LogP contribution is 2.37. The standard InChI is InChI=1S/C20H11ClN2O4S2/c21-13-2-1-3-15(10-13)22-19(24)18(29-20(22)28)11-16-8-9-17(27-16)12-4-6-14(7-5-12)23(25)26/h1-11H. The molecule has 144 valence electrons. The molecule has 0 spiro atoms. The van der Waals surface area contributed by atoms with Gasteiger partial charge in [0, 0.05) is 28.8 Å². The van der Waals surface area contributed by atoms with E-state index in [2.05, 4.69) is 0 Å². The summed E-state index contributed by atoms with van der Waals surface area (Å²) in [6.07, 6.45) is 1.62. The van der Waals surface area contributed by atoms with Crippen LogP contribution in [0.4, 0.5) is 11.4 Å². The van der Waals surface area contributed by atoms with Crippen LogP contribution in [0.15, 0.2) is 70.0 Å². The van der Waals surface area contributed by atoms with Crippen LogP contribution in [0.3, 0.4) is 0 Å². The number of thiocarbonyl (C=S) groups is 1. The van der Waals surface area contributed by atoms with Crippen molar-refractivity contribution in [3.63, 3.8) is 0 Å². The van der Waals surface area contributed by atoms with Gasteiger partial charge in [-0.25, -0.2) is 0 Å². The summed E-state index contributed by atoms with van der Waals surface area (Å²) in [6, 6.07) is 16.4. The van der Waals surface area contributed by atoms with Gasteiger partial charge in [0.25, 0.3) is 11.6 Å².